The van der Waals surface area contributed by atoms with Crippen LogP contribution in [0.15, 0.2) is 158 Å². The molecule has 3 heteroatoms. The Kier molecular flexibility index (Phi) is 5.19. The molecule has 7 aromatic carbocycles. The first-order valence-electron chi connectivity index (χ1n) is 15.4. The third kappa shape index (κ3) is 3.56. The fourth-order valence-corrected chi connectivity index (χ4v) is 8.47. The van der Waals surface area contributed by atoms with Crippen molar-refractivity contribution in [2.24, 2.45) is 0 Å². The maximum Gasteiger partial charge on any atom is 0.0562 e. The molecule has 3 heterocycles. The van der Waals surface area contributed by atoms with Crippen molar-refractivity contribution in [1.82, 2.24) is 9.13 Å². The standard InChI is InChI=1S/C42H26N2S/c1-2-11-27(12-3-1)28-21-24-40-34(25-28)42-38(19-10-20-41(42)45-40)44-37-18-9-6-15-32(37)33-23-22-29(26-39(33)44)43-35-16-7-4-13-30(35)31-14-5-8-17-36(31)43/h1-26H. The van der Waals surface area contributed by atoms with E-state index in [1.54, 1.807) is 0 Å². The zero-order valence-corrected chi connectivity index (χ0v) is 25.1. The smallest absolute Gasteiger partial charge is 0.0562 e. The van der Waals surface area contributed by atoms with Gasteiger partial charge in [0.25, 0.3) is 0 Å². The Morgan fingerprint density at radius 1 is 0.356 bits per heavy atom. The maximum absolute atomic E-state index is 2.49. The molecule has 10 rings (SSSR count). The lowest BCUT2D eigenvalue weighted by Crippen LogP contribution is -1.97. The monoisotopic (exact) mass is 590 g/mol. The summed E-state index contributed by atoms with van der Waals surface area (Å²) in [6.07, 6.45) is 0. The molecule has 210 valence electrons. The van der Waals surface area contributed by atoms with Gasteiger partial charge in [-0.1, -0.05) is 103 Å². The molecule has 0 aliphatic carbocycles. The fraction of sp³-hybridized carbons (Fsp3) is 0. The van der Waals surface area contributed by atoms with Gasteiger partial charge in [-0.25, -0.2) is 0 Å². The van der Waals surface area contributed by atoms with Gasteiger partial charge >= 0.3 is 0 Å². The third-order valence-electron chi connectivity index (χ3n) is 9.32. The fourth-order valence-electron chi connectivity index (χ4n) is 7.36. The highest BCUT2D eigenvalue weighted by atomic mass is 32.1. The van der Waals surface area contributed by atoms with Gasteiger partial charge in [0.1, 0.15) is 0 Å². The van der Waals surface area contributed by atoms with E-state index in [0.717, 1.165) is 5.69 Å². The van der Waals surface area contributed by atoms with Crippen LogP contribution in [0.1, 0.15) is 0 Å². The highest BCUT2D eigenvalue weighted by molar-refractivity contribution is 7.25. The minimum atomic E-state index is 1.16. The molecule has 2 nitrogen and oxygen atoms in total. The lowest BCUT2D eigenvalue weighted by Gasteiger charge is -2.13. The van der Waals surface area contributed by atoms with E-state index >= 15 is 0 Å². The van der Waals surface area contributed by atoms with Crippen LogP contribution in [0.3, 0.4) is 0 Å². The first kappa shape index (κ1) is 24.8. The molecule has 0 aliphatic heterocycles. The molecule has 10 aromatic rings. The molecule has 0 N–H and O–H groups in total. The molecule has 0 radical (unpaired) electrons. The molecule has 3 aromatic heterocycles. The minimum Gasteiger partial charge on any atom is -0.309 e. The molecule has 45 heavy (non-hydrogen) atoms. The number of para-hydroxylation sites is 3. The summed E-state index contributed by atoms with van der Waals surface area (Å²) in [7, 11) is 0. The average molecular weight is 591 g/mol. The van der Waals surface area contributed by atoms with Crippen molar-refractivity contribution in [3.63, 3.8) is 0 Å². The van der Waals surface area contributed by atoms with Gasteiger partial charge in [-0.3, -0.25) is 0 Å². The van der Waals surface area contributed by atoms with Gasteiger partial charge in [0.05, 0.1) is 27.8 Å². The third-order valence-corrected chi connectivity index (χ3v) is 10.5. The van der Waals surface area contributed by atoms with Gasteiger partial charge in [0, 0.05) is 47.4 Å². The highest BCUT2D eigenvalue weighted by Crippen LogP contribution is 2.43. The lowest BCUT2D eigenvalue weighted by molar-refractivity contribution is 1.16. The van der Waals surface area contributed by atoms with E-state index in [4.69, 9.17) is 0 Å². The highest BCUT2D eigenvalue weighted by Gasteiger charge is 2.19. The van der Waals surface area contributed by atoms with E-state index in [-0.39, 0.29) is 0 Å². The summed E-state index contributed by atoms with van der Waals surface area (Å²) in [5.74, 6) is 0. The molecule has 0 unspecified atom stereocenters. The molecule has 0 saturated carbocycles. The Balaban J connectivity index is 1.30. The second kappa shape index (κ2) is 9.43. The molecule has 0 amide bonds. The lowest BCUT2D eigenvalue weighted by atomic mass is 10.0. The quantitative estimate of drug-likeness (QED) is 0.194. The largest absolute Gasteiger partial charge is 0.309 e. The number of nitrogens with zero attached hydrogens (tertiary/aromatic N) is 2. The van der Waals surface area contributed by atoms with Crippen LogP contribution in [0.5, 0.6) is 0 Å². The summed E-state index contributed by atoms with van der Waals surface area (Å²) >= 11 is 1.87. The van der Waals surface area contributed by atoms with E-state index in [1.807, 2.05) is 11.3 Å². The minimum absolute atomic E-state index is 1.16. The van der Waals surface area contributed by atoms with Crippen molar-refractivity contribution in [3.05, 3.63) is 158 Å². The number of fused-ring (bicyclic) bond motifs is 9. The molecule has 0 atom stereocenters. The molecule has 0 fully saturated rings. The average Bonchev–Trinajstić information content (AvgIpc) is 3.76. The van der Waals surface area contributed by atoms with E-state index in [2.05, 4.69) is 167 Å². The predicted molar refractivity (Wildman–Crippen MR) is 193 cm³/mol. The van der Waals surface area contributed by atoms with Crippen LogP contribution in [0.2, 0.25) is 0 Å². The molecule has 0 bridgehead atoms. The Labute approximate surface area is 263 Å². The number of thiophene rings is 1. The van der Waals surface area contributed by atoms with Gasteiger partial charge in [-0.05, 0) is 65.7 Å². The zero-order valence-electron chi connectivity index (χ0n) is 24.3. The summed E-state index contributed by atoms with van der Waals surface area (Å²) in [5, 5.41) is 7.69. The van der Waals surface area contributed by atoms with Gasteiger partial charge in [0.2, 0.25) is 0 Å². The van der Waals surface area contributed by atoms with Crippen LogP contribution in [0, 0.1) is 0 Å². The summed E-state index contributed by atoms with van der Waals surface area (Å²) in [6.45, 7) is 0. The summed E-state index contributed by atoms with van der Waals surface area (Å²) < 4.78 is 7.52. The van der Waals surface area contributed by atoms with Crippen molar-refractivity contribution in [2.45, 2.75) is 0 Å². The van der Waals surface area contributed by atoms with Gasteiger partial charge in [-0.15, -0.1) is 11.3 Å². The van der Waals surface area contributed by atoms with Crippen LogP contribution in [0.4, 0.5) is 0 Å². The predicted octanol–water partition coefficient (Wildman–Crippen LogP) is 11.9. The van der Waals surface area contributed by atoms with Crippen LogP contribution in [0.25, 0.3) is 86.3 Å². The number of hydrogen-bond acceptors (Lipinski definition) is 1. The molecular weight excluding hydrogens is 565 g/mol. The van der Waals surface area contributed by atoms with E-state index in [0.29, 0.717) is 0 Å². The van der Waals surface area contributed by atoms with Crippen molar-refractivity contribution >= 4 is 75.1 Å². The second-order valence-electron chi connectivity index (χ2n) is 11.8. The van der Waals surface area contributed by atoms with E-state index in [1.165, 1.54) is 80.6 Å². The summed E-state index contributed by atoms with van der Waals surface area (Å²) in [6, 6.07) is 57.7. The van der Waals surface area contributed by atoms with Gasteiger partial charge in [0.15, 0.2) is 0 Å². The number of benzene rings is 7. The van der Waals surface area contributed by atoms with Crippen molar-refractivity contribution < 1.29 is 0 Å². The number of hydrogen-bond donors (Lipinski definition) is 0. The van der Waals surface area contributed by atoms with Crippen molar-refractivity contribution in [2.75, 3.05) is 0 Å². The Morgan fingerprint density at radius 3 is 1.69 bits per heavy atom. The zero-order chi connectivity index (χ0) is 29.5. The van der Waals surface area contributed by atoms with Gasteiger partial charge in [-0.2, -0.15) is 0 Å². The first-order chi connectivity index (χ1) is 22.3. The van der Waals surface area contributed by atoms with Crippen molar-refractivity contribution in [1.29, 1.82) is 0 Å². The molecule has 0 spiro atoms. The van der Waals surface area contributed by atoms with Crippen LogP contribution < -0.4 is 0 Å². The molecular formula is C42H26N2S. The number of aromatic nitrogens is 2. The maximum atomic E-state index is 2.49. The SMILES string of the molecule is c1ccc(-c2ccc3sc4cccc(-n5c6ccccc6c6ccc(-n7c8ccccc8c8ccccc87)cc65)c4c3c2)cc1. The summed E-state index contributed by atoms with van der Waals surface area (Å²) in [4.78, 5) is 0. The normalized spacial score (nSPS) is 12.0. The van der Waals surface area contributed by atoms with Crippen molar-refractivity contribution in [3.8, 4) is 22.5 Å². The summed E-state index contributed by atoms with van der Waals surface area (Å²) in [5.41, 5.74) is 9.74. The van der Waals surface area contributed by atoms with Crippen LogP contribution in [-0.2, 0) is 0 Å². The van der Waals surface area contributed by atoms with Crippen LogP contribution >= 0.6 is 11.3 Å². The van der Waals surface area contributed by atoms with E-state index < -0.39 is 0 Å². The second-order valence-corrected chi connectivity index (χ2v) is 12.8. The first-order valence-corrected chi connectivity index (χ1v) is 16.2. The Bertz CT molecular complexity index is 2710. The molecule has 0 aliphatic rings. The number of rotatable bonds is 3. The Morgan fingerprint density at radius 2 is 0.978 bits per heavy atom. The Hall–Kier alpha value is -5.64. The van der Waals surface area contributed by atoms with Gasteiger partial charge < -0.3 is 9.13 Å². The molecule has 0 saturated heterocycles. The van der Waals surface area contributed by atoms with Crippen LogP contribution in [-0.4, -0.2) is 9.13 Å². The van der Waals surface area contributed by atoms with E-state index in [9.17, 15) is 0 Å². The topological polar surface area (TPSA) is 9.86 Å².